The van der Waals surface area contributed by atoms with Crippen LogP contribution in [0.15, 0.2) is 24.3 Å². The van der Waals surface area contributed by atoms with Crippen molar-refractivity contribution in [3.8, 4) is 11.5 Å². The van der Waals surface area contributed by atoms with E-state index in [-0.39, 0.29) is 0 Å². The molecule has 2 aromatic rings. The Morgan fingerprint density at radius 1 is 1.05 bits per heavy atom. The van der Waals surface area contributed by atoms with Crippen LogP contribution in [0.2, 0.25) is 0 Å². The van der Waals surface area contributed by atoms with Crippen LogP contribution in [0.1, 0.15) is 30.9 Å². The molecule has 0 saturated carbocycles. The van der Waals surface area contributed by atoms with Crippen LogP contribution >= 0.6 is 0 Å². The summed E-state index contributed by atoms with van der Waals surface area (Å²) in [4.78, 5) is 13.5. The smallest absolute Gasteiger partial charge is 0.178 e. The molecule has 0 aliphatic heterocycles. The number of hydrogen-bond acceptors (Lipinski definition) is 4. The molecule has 100 valence electrons. The molecule has 2 rings (SSSR count). The van der Waals surface area contributed by atoms with E-state index in [1.165, 1.54) is 0 Å². The first-order valence-electron chi connectivity index (χ1n) is 6.56. The summed E-state index contributed by atoms with van der Waals surface area (Å²) in [6.07, 6.45) is 0. The van der Waals surface area contributed by atoms with Crippen molar-refractivity contribution >= 4 is 0 Å². The van der Waals surface area contributed by atoms with Crippen molar-refractivity contribution in [3.63, 3.8) is 0 Å². The molecule has 0 radical (unpaired) electrons. The number of pyridine rings is 1. The predicted octanol–water partition coefficient (Wildman–Crippen LogP) is 2.65. The fourth-order valence-corrected chi connectivity index (χ4v) is 1.82. The van der Waals surface area contributed by atoms with Crippen molar-refractivity contribution in [2.45, 2.75) is 40.3 Å². The lowest BCUT2D eigenvalue weighted by Gasteiger charge is -2.09. The van der Waals surface area contributed by atoms with Gasteiger partial charge in [0.2, 0.25) is 0 Å². The predicted molar refractivity (Wildman–Crippen MR) is 76.7 cm³/mol. The second kappa shape index (κ2) is 5.89. The molecule has 0 unspecified atom stereocenters. The lowest BCUT2D eigenvalue weighted by Crippen LogP contribution is -2.22. The van der Waals surface area contributed by atoms with Gasteiger partial charge < -0.3 is 5.32 Å². The highest BCUT2D eigenvalue weighted by atomic mass is 15.0. The molecule has 19 heavy (non-hydrogen) atoms. The average Bonchev–Trinajstić information content (AvgIpc) is 2.36. The van der Waals surface area contributed by atoms with Gasteiger partial charge in [0.05, 0.1) is 5.69 Å². The Morgan fingerprint density at radius 2 is 1.84 bits per heavy atom. The van der Waals surface area contributed by atoms with Crippen LogP contribution < -0.4 is 5.32 Å². The van der Waals surface area contributed by atoms with E-state index >= 15 is 0 Å². The maximum atomic E-state index is 4.58. The van der Waals surface area contributed by atoms with Crippen LogP contribution in [0.25, 0.3) is 11.5 Å². The lowest BCUT2D eigenvalue weighted by molar-refractivity contribution is 0.580. The van der Waals surface area contributed by atoms with Crippen LogP contribution in [0.5, 0.6) is 0 Å². The maximum Gasteiger partial charge on any atom is 0.178 e. The molecule has 2 heterocycles. The third-order valence-electron chi connectivity index (χ3n) is 2.72. The quantitative estimate of drug-likeness (QED) is 0.913. The molecule has 1 N–H and O–H groups in total. The Balaban J connectivity index is 2.31. The Hall–Kier alpha value is -1.81. The number of aryl methyl sites for hydroxylation is 2. The first-order valence-corrected chi connectivity index (χ1v) is 6.56. The number of nitrogens with zero attached hydrogens (tertiary/aromatic N) is 3. The molecule has 4 heteroatoms. The fourth-order valence-electron chi connectivity index (χ4n) is 1.82. The van der Waals surface area contributed by atoms with Crippen LogP contribution in [0, 0.1) is 13.8 Å². The van der Waals surface area contributed by atoms with Crippen molar-refractivity contribution < 1.29 is 0 Å². The zero-order chi connectivity index (χ0) is 13.8. The van der Waals surface area contributed by atoms with Crippen LogP contribution in [-0.2, 0) is 6.54 Å². The fraction of sp³-hybridized carbons (Fsp3) is 0.400. The SMILES string of the molecule is Cc1cccc(-c2nc(C)cc(CNC(C)C)n2)n1. The second-order valence-electron chi connectivity index (χ2n) is 5.02. The van der Waals surface area contributed by atoms with E-state index < -0.39 is 0 Å². The number of hydrogen-bond donors (Lipinski definition) is 1. The Morgan fingerprint density at radius 3 is 2.53 bits per heavy atom. The number of nitrogens with one attached hydrogen (secondary N) is 1. The minimum atomic E-state index is 0.441. The molecule has 4 nitrogen and oxygen atoms in total. The molecule has 0 bridgehead atoms. The standard InChI is InChI=1S/C15H20N4/c1-10(2)16-9-13-8-12(4)18-15(19-13)14-7-5-6-11(3)17-14/h5-8,10,16H,9H2,1-4H3. The van der Waals surface area contributed by atoms with E-state index in [0.29, 0.717) is 11.9 Å². The van der Waals surface area contributed by atoms with E-state index in [2.05, 4.69) is 34.1 Å². The summed E-state index contributed by atoms with van der Waals surface area (Å²) in [5.74, 6) is 0.698. The van der Waals surface area contributed by atoms with E-state index in [1.807, 2.05) is 38.1 Å². The van der Waals surface area contributed by atoms with Gasteiger partial charge in [0, 0.05) is 24.0 Å². The largest absolute Gasteiger partial charge is 0.309 e. The molecule has 0 amide bonds. The molecule has 0 atom stereocenters. The monoisotopic (exact) mass is 256 g/mol. The van der Waals surface area contributed by atoms with E-state index in [0.717, 1.165) is 29.3 Å². The summed E-state index contributed by atoms with van der Waals surface area (Å²) in [5.41, 5.74) is 3.77. The van der Waals surface area contributed by atoms with Crippen molar-refractivity contribution in [1.82, 2.24) is 20.3 Å². The van der Waals surface area contributed by atoms with Crippen molar-refractivity contribution in [2.24, 2.45) is 0 Å². The van der Waals surface area contributed by atoms with Gasteiger partial charge in [0.1, 0.15) is 5.69 Å². The zero-order valence-electron chi connectivity index (χ0n) is 11.9. The average molecular weight is 256 g/mol. The summed E-state index contributed by atoms with van der Waals surface area (Å²) in [5, 5.41) is 3.37. The summed E-state index contributed by atoms with van der Waals surface area (Å²) in [6.45, 7) is 8.95. The molecule has 0 aliphatic rings. The highest BCUT2D eigenvalue weighted by molar-refractivity contribution is 5.49. The topological polar surface area (TPSA) is 50.7 Å². The summed E-state index contributed by atoms with van der Waals surface area (Å²) in [6, 6.07) is 8.35. The Labute approximate surface area is 114 Å². The lowest BCUT2D eigenvalue weighted by atomic mass is 10.2. The van der Waals surface area contributed by atoms with Crippen molar-refractivity contribution in [3.05, 3.63) is 41.3 Å². The minimum Gasteiger partial charge on any atom is -0.309 e. The summed E-state index contributed by atoms with van der Waals surface area (Å²) >= 11 is 0. The van der Waals surface area contributed by atoms with Crippen LogP contribution in [0.4, 0.5) is 0 Å². The summed E-state index contributed by atoms with van der Waals surface area (Å²) < 4.78 is 0. The minimum absolute atomic E-state index is 0.441. The van der Waals surface area contributed by atoms with Crippen molar-refractivity contribution in [1.29, 1.82) is 0 Å². The molecular weight excluding hydrogens is 236 g/mol. The van der Waals surface area contributed by atoms with Crippen LogP contribution in [-0.4, -0.2) is 21.0 Å². The van der Waals surface area contributed by atoms with Gasteiger partial charge in [-0.3, -0.25) is 0 Å². The van der Waals surface area contributed by atoms with Gasteiger partial charge in [0.25, 0.3) is 0 Å². The summed E-state index contributed by atoms with van der Waals surface area (Å²) in [7, 11) is 0. The van der Waals surface area contributed by atoms with Gasteiger partial charge in [-0.05, 0) is 32.0 Å². The van der Waals surface area contributed by atoms with Gasteiger partial charge in [-0.1, -0.05) is 19.9 Å². The third-order valence-corrected chi connectivity index (χ3v) is 2.72. The molecule has 0 saturated heterocycles. The Bertz CT molecular complexity index is 564. The van der Waals surface area contributed by atoms with E-state index in [4.69, 9.17) is 0 Å². The molecular formula is C15H20N4. The number of rotatable bonds is 4. The zero-order valence-corrected chi connectivity index (χ0v) is 11.9. The number of aromatic nitrogens is 3. The highest BCUT2D eigenvalue weighted by Crippen LogP contribution is 2.14. The first kappa shape index (κ1) is 13.6. The highest BCUT2D eigenvalue weighted by Gasteiger charge is 2.07. The van der Waals surface area contributed by atoms with Crippen molar-refractivity contribution in [2.75, 3.05) is 0 Å². The van der Waals surface area contributed by atoms with Gasteiger partial charge in [-0.25, -0.2) is 15.0 Å². The molecule has 2 aromatic heterocycles. The normalized spacial score (nSPS) is 11.0. The van der Waals surface area contributed by atoms with Gasteiger partial charge in [-0.2, -0.15) is 0 Å². The van der Waals surface area contributed by atoms with Gasteiger partial charge in [-0.15, -0.1) is 0 Å². The first-order chi connectivity index (χ1) is 9.04. The maximum absolute atomic E-state index is 4.58. The third kappa shape index (κ3) is 3.83. The molecule has 0 aliphatic carbocycles. The van der Waals surface area contributed by atoms with Gasteiger partial charge in [0.15, 0.2) is 5.82 Å². The second-order valence-corrected chi connectivity index (χ2v) is 5.02. The van der Waals surface area contributed by atoms with E-state index in [9.17, 15) is 0 Å². The molecule has 0 spiro atoms. The Kier molecular flexibility index (Phi) is 4.22. The van der Waals surface area contributed by atoms with E-state index in [1.54, 1.807) is 0 Å². The van der Waals surface area contributed by atoms with Gasteiger partial charge >= 0.3 is 0 Å². The van der Waals surface area contributed by atoms with Crippen LogP contribution in [0.3, 0.4) is 0 Å². The molecule has 0 fully saturated rings. The molecule has 0 aromatic carbocycles.